The molecule has 0 atom stereocenters. The molecule has 0 saturated carbocycles. The molecule has 1 rings (SSSR count). The Morgan fingerprint density at radius 2 is 2.09 bits per heavy atom. The van der Waals surface area contributed by atoms with Crippen LogP contribution in [0.4, 0.5) is 0 Å². The van der Waals surface area contributed by atoms with Crippen molar-refractivity contribution < 1.29 is 13.2 Å². The molecule has 0 spiro atoms. The highest BCUT2D eigenvalue weighted by atomic mass is 32.2. The van der Waals surface area contributed by atoms with E-state index in [0.29, 0.717) is 26.1 Å². The van der Waals surface area contributed by atoms with E-state index < -0.39 is 10.0 Å². The van der Waals surface area contributed by atoms with Crippen LogP contribution in [0.2, 0.25) is 0 Å². The Morgan fingerprint density at radius 3 is 2.68 bits per heavy atom. The highest BCUT2D eigenvalue weighted by Gasteiger charge is 2.17. The Hall–Kier alpha value is -0.880. The molecule has 1 N–H and O–H groups in total. The van der Waals surface area contributed by atoms with Crippen LogP contribution in [-0.4, -0.2) is 44.5 Å². The van der Waals surface area contributed by atoms with Crippen LogP contribution in [0.25, 0.3) is 0 Å². The lowest BCUT2D eigenvalue weighted by Crippen LogP contribution is -2.38. The molecule has 0 radical (unpaired) electrons. The lowest BCUT2D eigenvalue weighted by Gasteiger charge is -2.22. The number of unbranched alkanes of at least 4 members (excludes halogenated alkanes) is 1. The molecular weight excluding hydrogens is 300 g/mol. The van der Waals surface area contributed by atoms with Gasteiger partial charge >= 0.3 is 0 Å². The molecule has 0 bridgehead atoms. The minimum atomic E-state index is -3.23. The fraction of sp³-hybridized carbons (Fsp3) is 0.812. The third kappa shape index (κ3) is 7.94. The van der Waals surface area contributed by atoms with Crippen molar-refractivity contribution in [1.82, 2.24) is 9.62 Å². The van der Waals surface area contributed by atoms with Crippen LogP contribution in [0.1, 0.15) is 58.3 Å². The zero-order chi connectivity index (χ0) is 16.4. The number of allylic oxidation sites excluding steroid dienone is 1. The molecule has 0 aromatic rings. The predicted octanol–water partition coefficient (Wildman–Crippen LogP) is 2.44. The Balaban J connectivity index is 2.38. The number of hydrogen-bond acceptors (Lipinski definition) is 3. The van der Waals surface area contributed by atoms with Gasteiger partial charge in [0.2, 0.25) is 15.9 Å². The summed E-state index contributed by atoms with van der Waals surface area (Å²) in [6.07, 6.45) is 11.3. The second-order valence-corrected chi connectivity index (χ2v) is 7.96. The van der Waals surface area contributed by atoms with Crippen molar-refractivity contribution in [3.8, 4) is 0 Å². The third-order valence-electron chi connectivity index (χ3n) is 3.98. The normalized spacial score (nSPS) is 15.7. The Bertz CT molecular complexity index is 472. The molecule has 0 aliphatic heterocycles. The fourth-order valence-electron chi connectivity index (χ4n) is 2.59. The lowest BCUT2D eigenvalue weighted by molar-refractivity contribution is -0.121. The number of amides is 1. The van der Waals surface area contributed by atoms with Crippen molar-refractivity contribution in [3.05, 3.63) is 11.6 Å². The van der Waals surface area contributed by atoms with Crippen LogP contribution >= 0.6 is 0 Å². The van der Waals surface area contributed by atoms with E-state index in [-0.39, 0.29) is 5.91 Å². The van der Waals surface area contributed by atoms with Gasteiger partial charge in [-0.25, -0.2) is 12.7 Å². The van der Waals surface area contributed by atoms with Gasteiger partial charge in [-0.15, -0.1) is 0 Å². The lowest BCUT2D eigenvalue weighted by atomic mass is 9.97. The maximum Gasteiger partial charge on any atom is 0.220 e. The molecule has 0 aromatic carbocycles. The highest BCUT2D eigenvalue weighted by molar-refractivity contribution is 7.88. The van der Waals surface area contributed by atoms with Crippen molar-refractivity contribution in [3.63, 3.8) is 0 Å². The first-order valence-corrected chi connectivity index (χ1v) is 10.2. The topological polar surface area (TPSA) is 66.5 Å². The van der Waals surface area contributed by atoms with Crippen molar-refractivity contribution in [2.24, 2.45) is 0 Å². The fourth-order valence-corrected chi connectivity index (χ4v) is 3.44. The Kier molecular flexibility index (Phi) is 8.71. The molecule has 128 valence electrons. The van der Waals surface area contributed by atoms with Gasteiger partial charge in [0.05, 0.1) is 6.26 Å². The van der Waals surface area contributed by atoms with Crippen LogP contribution in [0.3, 0.4) is 0 Å². The van der Waals surface area contributed by atoms with E-state index in [0.717, 1.165) is 32.1 Å². The van der Waals surface area contributed by atoms with E-state index in [9.17, 15) is 13.2 Å². The van der Waals surface area contributed by atoms with E-state index >= 15 is 0 Å². The van der Waals surface area contributed by atoms with Crippen LogP contribution in [-0.2, 0) is 14.8 Å². The van der Waals surface area contributed by atoms with Gasteiger partial charge in [0.25, 0.3) is 0 Å². The van der Waals surface area contributed by atoms with E-state index in [4.69, 9.17) is 0 Å². The van der Waals surface area contributed by atoms with Crippen LogP contribution in [0.15, 0.2) is 11.6 Å². The first-order valence-electron chi connectivity index (χ1n) is 8.33. The average molecular weight is 330 g/mol. The summed E-state index contributed by atoms with van der Waals surface area (Å²) in [5, 5.41) is 2.80. The molecule has 5 nitrogen and oxygen atoms in total. The molecule has 1 amide bonds. The SMILES string of the molecule is CCCCC(=O)NCCN(CCC1=CCCCC1)S(C)(=O)=O. The summed E-state index contributed by atoms with van der Waals surface area (Å²) in [5.74, 6) is 0.00490. The quantitative estimate of drug-likeness (QED) is 0.626. The summed E-state index contributed by atoms with van der Waals surface area (Å²) >= 11 is 0. The second-order valence-electron chi connectivity index (χ2n) is 5.97. The van der Waals surface area contributed by atoms with Gasteiger partial charge < -0.3 is 5.32 Å². The van der Waals surface area contributed by atoms with Gasteiger partial charge in [0, 0.05) is 26.1 Å². The molecule has 22 heavy (non-hydrogen) atoms. The minimum absolute atomic E-state index is 0.00490. The Morgan fingerprint density at radius 1 is 1.32 bits per heavy atom. The summed E-state index contributed by atoms with van der Waals surface area (Å²) in [5.41, 5.74) is 1.37. The van der Waals surface area contributed by atoms with Crippen LogP contribution < -0.4 is 5.32 Å². The maximum absolute atomic E-state index is 11.8. The minimum Gasteiger partial charge on any atom is -0.355 e. The van der Waals surface area contributed by atoms with Gasteiger partial charge in [-0.2, -0.15) is 0 Å². The number of nitrogens with zero attached hydrogens (tertiary/aromatic N) is 1. The van der Waals surface area contributed by atoms with E-state index in [1.807, 2.05) is 6.92 Å². The average Bonchev–Trinajstić information content (AvgIpc) is 2.48. The zero-order valence-corrected chi connectivity index (χ0v) is 14.8. The number of carbonyl (C=O) groups excluding carboxylic acids is 1. The number of sulfonamides is 1. The van der Waals surface area contributed by atoms with E-state index in [1.54, 1.807) is 0 Å². The smallest absolute Gasteiger partial charge is 0.220 e. The Labute approximate surface area is 135 Å². The monoisotopic (exact) mass is 330 g/mol. The highest BCUT2D eigenvalue weighted by Crippen LogP contribution is 2.20. The first kappa shape index (κ1) is 19.2. The zero-order valence-electron chi connectivity index (χ0n) is 13.9. The first-order chi connectivity index (χ1) is 10.4. The molecule has 0 saturated heterocycles. The van der Waals surface area contributed by atoms with Gasteiger partial charge in [0.15, 0.2) is 0 Å². The van der Waals surface area contributed by atoms with E-state index in [1.165, 1.54) is 29.0 Å². The van der Waals surface area contributed by atoms with Gasteiger partial charge in [-0.05, 0) is 38.5 Å². The summed E-state index contributed by atoms with van der Waals surface area (Å²) in [7, 11) is -3.23. The number of rotatable bonds is 10. The van der Waals surface area contributed by atoms with Gasteiger partial charge in [0.1, 0.15) is 0 Å². The third-order valence-corrected chi connectivity index (χ3v) is 5.28. The van der Waals surface area contributed by atoms with Gasteiger partial charge in [-0.3, -0.25) is 4.79 Å². The van der Waals surface area contributed by atoms with Gasteiger partial charge in [-0.1, -0.05) is 25.0 Å². The standard InChI is InChI=1S/C16H30N2O3S/c1-3-4-10-16(19)17-12-14-18(22(2,20)21)13-11-15-8-6-5-7-9-15/h8H,3-7,9-14H2,1-2H3,(H,17,19). The molecule has 0 aromatic heterocycles. The summed E-state index contributed by atoms with van der Waals surface area (Å²) in [4.78, 5) is 11.6. The van der Waals surface area contributed by atoms with Crippen LogP contribution in [0, 0.1) is 0 Å². The molecule has 0 unspecified atom stereocenters. The molecule has 1 aliphatic rings. The number of carbonyl (C=O) groups is 1. The number of hydrogen-bond donors (Lipinski definition) is 1. The summed E-state index contributed by atoms with van der Waals surface area (Å²) in [6, 6.07) is 0. The second kappa shape index (κ2) is 10.0. The molecule has 0 fully saturated rings. The van der Waals surface area contributed by atoms with Crippen molar-refractivity contribution >= 4 is 15.9 Å². The summed E-state index contributed by atoms with van der Waals surface area (Å²) < 4.78 is 25.2. The molecule has 6 heteroatoms. The summed E-state index contributed by atoms with van der Waals surface area (Å²) in [6.45, 7) is 3.28. The predicted molar refractivity (Wildman–Crippen MR) is 90.1 cm³/mol. The van der Waals surface area contributed by atoms with Crippen molar-refractivity contribution in [1.29, 1.82) is 0 Å². The van der Waals surface area contributed by atoms with Crippen LogP contribution in [0.5, 0.6) is 0 Å². The van der Waals surface area contributed by atoms with E-state index in [2.05, 4.69) is 11.4 Å². The largest absolute Gasteiger partial charge is 0.355 e. The van der Waals surface area contributed by atoms with Crippen molar-refractivity contribution in [2.45, 2.75) is 58.3 Å². The molecular formula is C16H30N2O3S. The number of nitrogens with one attached hydrogen (secondary N) is 1. The molecule has 0 heterocycles. The van der Waals surface area contributed by atoms with Crippen molar-refractivity contribution in [2.75, 3.05) is 25.9 Å². The maximum atomic E-state index is 11.8. The molecule has 1 aliphatic carbocycles.